The molecule has 3 nitrogen and oxygen atoms in total. The zero-order valence-corrected chi connectivity index (χ0v) is 9.34. The van der Waals surface area contributed by atoms with E-state index in [2.05, 4.69) is 4.74 Å². The molecule has 0 unspecified atom stereocenters. The van der Waals surface area contributed by atoms with Crippen LogP contribution >= 0.6 is 0 Å². The molecule has 0 aromatic heterocycles. The first-order valence-electron chi connectivity index (χ1n) is 5.72. The summed E-state index contributed by atoms with van der Waals surface area (Å²) in [4.78, 5) is 23.9. The molecule has 0 saturated carbocycles. The number of benzene rings is 2. The molecule has 3 heteroatoms. The molecule has 2 aromatic carbocycles. The molecular formula is C15H8O3. The van der Waals surface area contributed by atoms with E-state index in [0.717, 1.165) is 22.3 Å². The molecule has 1 aliphatic carbocycles. The highest BCUT2D eigenvalue weighted by molar-refractivity contribution is 6.25. The SMILES string of the molecule is O=C1OC(=O)C12c1ccccc1-c1ccccc12. The van der Waals surface area contributed by atoms with Crippen molar-refractivity contribution in [2.24, 2.45) is 0 Å². The maximum Gasteiger partial charge on any atom is 0.340 e. The van der Waals surface area contributed by atoms with E-state index in [1.54, 1.807) is 0 Å². The molecule has 0 radical (unpaired) electrons. The minimum absolute atomic E-state index is 0.468. The van der Waals surface area contributed by atoms with E-state index >= 15 is 0 Å². The summed E-state index contributed by atoms with van der Waals surface area (Å²) in [5, 5.41) is 0. The van der Waals surface area contributed by atoms with Gasteiger partial charge < -0.3 is 4.74 Å². The predicted octanol–water partition coefficient (Wildman–Crippen LogP) is 2.04. The van der Waals surface area contributed by atoms with Gasteiger partial charge >= 0.3 is 11.9 Å². The molecule has 86 valence electrons. The molecule has 18 heavy (non-hydrogen) atoms. The second-order valence-electron chi connectivity index (χ2n) is 4.52. The van der Waals surface area contributed by atoms with Crippen molar-refractivity contribution in [3.05, 3.63) is 59.7 Å². The van der Waals surface area contributed by atoms with Crippen molar-refractivity contribution >= 4 is 11.9 Å². The van der Waals surface area contributed by atoms with Crippen LogP contribution in [0.25, 0.3) is 11.1 Å². The summed E-state index contributed by atoms with van der Waals surface area (Å²) in [6.45, 7) is 0. The largest absolute Gasteiger partial charge is 0.390 e. The second-order valence-corrected chi connectivity index (χ2v) is 4.52. The summed E-state index contributed by atoms with van der Waals surface area (Å²) in [6.07, 6.45) is 0. The Balaban J connectivity index is 2.17. The average Bonchev–Trinajstić information content (AvgIpc) is 2.72. The molecule has 0 atom stereocenters. The van der Waals surface area contributed by atoms with E-state index in [1.165, 1.54) is 0 Å². The lowest BCUT2D eigenvalue weighted by molar-refractivity contribution is -0.184. The molecule has 1 aliphatic heterocycles. The van der Waals surface area contributed by atoms with Crippen molar-refractivity contribution in [1.29, 1.82) is 0 Å². The number of carbonyl (C=O) groups is 2. The molecule has 4 rings (SSSR count). The Kier molecular flexibility index (Phi) is 1.53. The van der Waals surface area contributed by atoms with Crippen molar-refractivity contribution in [2.75, 3.05) is 0 Å². The Hall–Kier alpha value is -2.42. The number of hydrogen-bond acceptors (Lipinski definition) is 3. The minimum Gasteiger partial charge on any atom is -0.390 e. The average molecular weight is 236 g/mol. The maximum absolute atomic E-state index is 11.9. The van der Waals surface area contributed by atoms with E-state index in [9.17, 15) is 9.59 Å². The van der Waals surface area contributed by atoms with Crippen LogP contribution in [0.2, 0.25) is 0 Å². The quantitative estimate of drug-likeness (QED) is 0.519. The summed E-state index contributed by atoms with van der Waals surface area (Å²) >= 11 is 0. The van der Waals surface area contributed by atoms with Gasteiger partial charge in [0.2, 0.25) is 5.41 Å². The summed E-state index contributed by atoms with van der Waals surface area (Å²) < 4.78 is 4.61. The van der Waals surface area contributed by atoms with Crippen LogP contribution in [0.15, 0.2) is 48.5 Å². The molecule has 1 spiro atoms. The highest BCUT2D eigenvalue weighted by Gasteiger charge is 2.65. The first-order chi connectivity index (χ1) is 8.76. The van der Waals surface area contributed by atoms with Crippen molar-refractivity contribution < 1.29 is 14.3 Å². The molecule has 0 N–H and O–H groups in total. The van der Waals surface area contributed by atoms with E-state index in [1.807, 2.05) is 48.5 Å². The van der Waals surface area contributed by atoms with Gasteiger partial charge in [0.25, 0.3) is 0 Å². The number of ether oxygens (including phenoxy) is 1. The third kappa shape index (κ3) is 0.808. The number of esters is 2. The summed E-state index contributed by atoms with van der Waals surface area (Å²) in [5.41, 5.74) is 2.17. The second kappa shape index (κ2) is 2.88. The van der Waals surface area contributed by atoms with Crippen LogP contribution in [0.4, 0.5) is 0 Å². The van der Waals surface area contributed by atoms with Crippen LogP contribution in [0, 0.1) is 0 Å². The third-order valence-electron chi connectivity index (χ3n) is 3.75. The van der Waals surface area contributed by atoms with Gasteiger partial charge in [0.1, 0.15) is 0 Å². The van der Waals surface area contributed by atoms with Crippen LogP contribution in [0.3, 0.4) is 0 Å². The van der Waals surface area contributed by atoms with Gasteiger partial charge in [-0.25, -0.2) is 9.59 Å². The van der Waals surface area contributed by atoms with Crippen molar-refractivity contribution in [3.8, 4) is 11.1 Å². The van der Waals surface area contributed by atoms with Gasteiger partial charge in [-0.1, -0.05) is 48.5 Å². The monoisotopic (exact) mass is 236 g/mol. The van der Waals surface area contributed by atoms with Crippen molar-refractivity contribution in [1.82, 2.24) is 0 Å². The highest BCUT2D eigenvalue weighted by atomic mass is 16.6. The first kappa shape index (κ1) is 9.59. The smallest absolute Gasteiger partial charge is 0.340 e. The topological polar surface area (TPSA) is 43.4 Å². The Bertz CT molecular complexity index is 654. The van der Waals surface area contributed by atoms with Gasteiger partial charge in [0, 0.05) is 0 Å². The lowest BCUT2D eigenvalue weighted by atomic mass is 9.75. The van der Waals surface area contributed by atoms with Crippen LogP contribution in [-0.2, 0) is 19.7 Å². The Morgan fingerprint density at radius 2 is 1.17 bits per heavy atom. The fourth-order valence-electron chi connectivity index (χ4n) is 2.95. The predicted molar refractivity (Wildman–Crippen MR) is 63.8 cm³/mol. The van der Waals surface area contributed by atoms with Gasteiger partial charge in [-0.15, -0.1) is 0 Å². The van der Waals surface area contributed by atoms with E-state index in [0.29, 0.717) is 0 Å². The summed E-state index contributed by atoms with van der Waals surface area (Å²) in [5.74, 6) is -0.935. The molecular weight excluding hydrogens is 228 g/mol. The Labute approximate surface area is 103 Å². The van der Waals surface area contributed by atoms with Gasteiger partial charge in [0.15, 0.2) is 0 Å². The fourth-order valence-corrected chi connectivity index (χ4v) is 2.95. The van der Waals surface area contributed by atoms with Crippen LogP contribution in [0.5, 0.6) is 0 Å². The summed E-state index contributed by atoms with van der Waals surface area (Å²) in [7, 11) is 0. The zero-order valence-electron chi connectivity index (χ0n) is 9.34. The van der Waals surface area contributed by atoms with Crippen molar-refractivity contribution in [2.45, 2.75) is 5.41 Å². The highest BCUT2D eigenvalue weighted by Crippen LogP contribution is 2.53. The van der Waals surface area contributed by atoms with Crippen LogP contribution < -0.4 is 0 Å². The molecule has 2 aromatic rings. The van der Waals surface area contributed by atoms with E-state index in [-0.39, 0.29) is 0 Å². The Morgan fingerprint density at radius 1 is 0.722 bits per heavy atom. The lowest BCUT2D eigenvalue weighted by Crippen LogP contribution is -2.56. The molecule has 1 heterocycles. The third-order valence-corrected chi connectivity index (χ3v) is 3.75. The van der Waals surface area contributed by atoms with Gasteiger partial charge in [-0.05, 0) is 22.3 Å². The Morgan fingerprint density at radius 3 is 1.61 bits per heavy atom. The van der Waals surface area contributed by atoms with Gasteiger partial charge in [-0.3, -0.25) is 0 Å². The zero-order chi connectivity index (χ0) is 12.3. The molecule has 1 saturated heterocycles. The lowest BCUT2D eigenvalue weighted by Gasteiger charge is -2.34. The first-order valence-corrected chi connectivity index (χ1v) is 5.72. The number of carbonyl (C=O) groups excluding carboxylic acids is 2. The normalized spacial score (nSPS) is 18.0. The van der Waals surface area contributed by atoms with E-state index in [4.69, 9.17) is 0 Å². The van der Waals surface area contributed by atoms with E-state index < -0.39 is 17.4 Å². The number of fused-ring (bicyclic) bond motifs is 5. The maximum atomic E-state index is 11.9. The molecule has 1 fully saturated rings. The molecule has 0 bridgehead atoms. The van der Waals surface area contributed by atoms with Gasteiger partial charge in [-0.2, -0.15) is 0 Å². The summed E-state index contributed by atoms with van der Waals surface area (Å²) in [6, 6.07) is 15.0. The number of cyclic esters (lactones) is 2. The molecule has 2 aliphatic rings. The molecule has 0 amide bonds. The fraction of sp³-hybridized carbons (Fsp3) is 0.0667. The number of hydrogen-bond donors (Lipinski definition) is 0. The standard InChI is InChI=1S/C15H8O3/c16-13-15(14(17)18-13)11-7-3-1-5-9(11)10-6-2-4-8-12(10)15/h1-8H. The van der Waals surface area contributed by atoms with Gasteiger partial charge in [0.05, 0.1) is 0 Å². The van der Waals surface area contributed by atoms with Crippen LogP contribution in [-0.4, -0.2) is 11.9 Å². The van der Waals surface area contributed by atoms with Crippen LogP contribution in [0.1, 0.15) is 11.1 Å². The van der Waals surface area contributed by atoms with Crippen molar-refractivity contribution in [3.63, 3.8) is 0 Å². The minimum atomic E-state index is -1.20. The number of rotatable bonds is 0.